The summed E-state index contributed by atoms with van der Waals surface area (Å²) in [7, 11) is 1.67. The van der Waals surface area contributed by atoms with E-state index in [0.717, 1.165) is 34.4 Å². The fourth-order valence-corrected chi connectivity index (χ4v) is 2.91. The number of aryl methyl sites for hydroxylation is 1. The van der Waals surface area contributed by atoms with Crippen LogP contribution in [0.15, 0.2) is 46.9 Å². The average Bonchev–Trinajstić information content (AvgIpc) is 2.57. The number of carbonyl (C=O) groups is 1. The van der Waals surface area contributed by atoms with Gasteiger partial charge in [0.2, 0.25) is 5.91 Å². The van der Waals surface area contributed by atoms with Crippen molar-refractivity contribution in [3.63, 3.8) is 0 Å². The van der Waals surface area contributed by atoms with Crippen LogP contribution in [0.25, 0.3) is 0 Å². The van der Waals surface area contributed by atoms with Crippen LogP contribution >= 0.6 is 15.9 Å². The molecular formula is C19H23BrN2O2. The summed E-state index contributed by atoms with van der Waals surface area (Å²) in [4.78, 5) is 12.0. The SMILES string of the molecule is COc1cccc(CCNCCC(=O)Nc2ccc(C)cc2Br)c1. The molecule has 2 aromatic carbocycles. The highest BCUT2D eigenvalue weighted by Crippen LogP contribution is 2.23. The molecule has 0 unspecified atom stereocenters. The maximum atomic E-state index is 12.0. The van der Waals surface area contributed by atoms with Gasteiger partial charge in [0.15, 0.2) is 0 Å². The smallest absolute Gasteiger partial charge is 0.225 e. The second-order valence-electron chi connectivity index (χ2n) is 5.63. The van der Waals surface area contributed by atoms with Crippen LogP contribution in [0.5, 0.6) is 5.75 Å². The number of ether oxygens (including phenoxy) is 1. The molecule has 0 aliphatic heterocycles. The molecule has 0 fully saturated rings. The summed E-state index contributed by atoms with van der Waals surface area (Å²) in [5, 5.41) is 6.22. The molecule has 24 heavy (non-hydrogen) atoms. The largest absolute Gasteiger partial charge is 0.497 e. The minimum atomic E-state index is 0.00781. The molecule has 2 N–H and O–H groups in total. The van der Waals surface area contributed by atoms with Crippen LogP contribution in [0, 0.1) is 6.92 Å². The van der Waals surface area contributed by atoms with E-state index in [9.17, 15) is 4.79 Å². The van der Waals surface area contributed by atoms with Crippen molar-refractivity contribution >= 4 is 27.5 Å². The third kappa shape index (κ3) is 5.98. The summed E-state index contributed by atoms with van der Waals surface area (Å²) in [6.45, 7) is 3.50. The van der Waals surface area contributed by atoms with Crippen LogP contribution < -0.4 is 15.4 Å². The number of nitrogens with one attached hydrogen (secondary N) is 2. The number of hydrogen-bond acceptors (Lipinski definition) is 3. The fourth-order valence-electron chi connectivity index (χ4n) is 2.32. The zero-order valence-corrected chi connectivity index (χ0v) is 15.7. The fraction of sp³-hybridized carbons (Fsp3) is 0.316. The summed E-state index contributed by atoms with van der Waals surface area (Å²) < 4.78 is 6.11. The average molecular weight is 391 g/mol. The van der Waals surface area contributed by atoms with Gasteiger partial charge in [0.1, 0.15) is 5.75 Å². The summed E-state index contributed by atoms with van der Waals surface area (Å²) in [5.74, 6) is 0.879. The number of carbonyl (C=O) groups excluding carboxylic acids is 1. The van der Waals surface area contributed by atoms with E-state index in [1.54, 1.807) is 7.11 Å². The molecule has 2 rings (SSSR count). The quantitative estimate of drug-likeness (QED) is 0.671. The van der Waals surface area contributed by atoms with Gasteiger partial charge in [0, 0.05) is 17.4 Å². The van der Waals surface area contributed by atoms with Gasteiger partial charge in [-0.3, -0.25) is 4.79 Å². The van der Waals surface area contributed by atoms with Crippen molar-refractivity contribution in [3.05, 3.63) is 58.1 Å². The van der Waals surface area contributed by atoms with Crippen molar-refractivity contribution in [2.75, 3.05) is 25.5 Å². The molecule has 0 aliphatic rings. The standard InChI is InChI=1S/C19H23BrN2O2/c1-14-6-7-18(17(20)12-14)22-19(23)9-11-21-10-8-15-4-3-5-16(13-15)24-2/h3-7,12-13,21H,8-11H2,1-2H3,(H,22,23). The van der Waals surface area contributed by atoms with Gasteiger partial charge in [-0.15, -0.1) is 0 Å². The number of methoxy groups -OCH3 is 1. The Labute approximate surface area is 151 Å². The minimum absolute atomic E-state index is 0.00781. The van der Waals surface area contributed by atoms with Gasteiger partial charge in [-0.2, -0.15) is 0 Å². The molecule has 0 saturated carbocycles. The summed E-state index contributed by atoms with van der Waals surface area (Å²) in [6, 6.07) is 13.9. The first-order valence-electron chi connectivity index (χ1n) is 7.98. The number of halogens is 1. The zero-order valence-electron chi connectivity index (χ0n) is 14.1. The van der Waals surface area contributed by atoms with Gasteiger partial charge in [0.05, 0.1) is 12.8 Å². The van der Waals surface area contributed by atoms with E-state index in [2.05, 4.69) is 32.6 Å². The maximum absolute atomic E-state index is 12.0. The highest BCUT2D eigenvalue weighted by atomic mass is 79.9. The molecule has 2 aromatic rings. The minimum Gasteiger partial charge on any atom is -0.497 e. The summed E-state index contributed by atoms with van der Waals surface area (Å²) in [5.41, 5.74) is 3.18. The molecule has 5 heteroatoms. The normalized spacial score (nSPS) is 10.5. The molecular weight excluding hydrogens is 368 g/mol. The van der Waals surface area contributed by atoms with Gasteiger partial charge >= 0.3 is 0 Å². The first kappa shape index (κ1) is 18.5. The Hall–Kier alpha value is -1.85. The molecule has 0 aliphatic carbocycles. The van der Waals surface area contributed by atoms with Crippen molar-refractivity contribution in [2.24, 2.45) is 0 Å². The Balaban J connectivity index is 1.67. The van der Waals surface area contributed by atoms with Gasteiger partial charge in [0.25, 0.3) is 0 Å². The van der Waals surface area contributed by atoms with E-state index < -0.39 is 0 Å². The molecule has 0 spiro atoms. The molecule has 0 aromatic heterocycles. The molecule has 128 valence electrons. The first-order chi connectivity index (χ1) is 11.6. The van der Waals surface area contributed by atoms with Crippen molar-refractivity contribution < 1.29 is 9.53 Å². The van der Waals surface area contributed by atoms with Gasteiger partial charge in [-0.1, -0.05) is 18.2 Å². The third-order valence-electron chi connectivity index (χ3n) is 3.65. The van der Waals surface area contributed by atoms with Crippen molar-refractivity contribution in [2.45, 2.75) is 19.8 Å². The van der Waals surface area contributed by atoms with Crippen LogP contribution in [-0.2, 0) is 11.2 Å². The van der Waals surface area contributed by atoms with Gasteiger partial charge in [-0.05, 0) is 71.2 Å². The predicted molar refractivity (Wildman–Crippen MR) is 102 cm³/mol. The highest BCUT2D eigenvalue weighted by Gasteiger charge is 2.05. The number of anilines is 1. The first-order valence-corrected chi connectivity index (χ1v) is 8.77. The monoisotopic (exact) mass is 390 g/mol. The lowest BCUT2D eigenvalue weighted by molar-refractivity contribution is -0.116. The number of amides is 1. The van der Waals surface area contributed by atoms with Crippen LogP contribution in [0.2, 0.25) is 0 Å². The lowest BCUT2D eigenvalue weighted by Gasteiger charge is -2.09. The third-order valence-corrected chi connectivity index (χ3v) is 4.31. The summed E-state index contributed by atoms with van der Waals surface area (Å²) in [6.07, 6.45) is 1.35. The second kappa shape index (κ2) is 9.45. The lowest BCUT2D eigenvalue weighted by atomic mass is 10.1. The Morgan fingerprint density at radius 3 is 2.75 bits per heavy atom. The summed E-state index contributed by atoms with van der Waals surface area (Å²) >= 11 is 3.47. The van der Waals surface area contributed by atoms with E-state index in [1.165, 1.54) is 5.56 Å². The molecule has 0 saturated heterocycles. The van der Waals surface area contributed by atoms with E-state index in [-0.39, 0.29) is 5.91 Å². The Kier molecular flexibility index (Phi) is 7.28. The predicted octanol–water partition coefficient (Wildman–Crippen LogP) is 3.93. The number of rotatable bonds is 8. The van der Waals surface area contributed by atoms with Crippen LogP contribution in [0.4, 0.5) is 5.69 Å². The van der Waals surface area contributed by atoms with Crippen molar-refractivity contribution in [1.82, 2.24) is 5.32 Å². The molecule has 1 amide bonds. The number of hydrogen-bond donors (Lipinski definition) is 2. The molecule has 0 bridgehead atoms. The molecule has 0 atom stereocenters. The molecule has 0 heterocycles. The Bertz CT molecular complexity index is 689. The zero-order chi connectivity index (χ0) is 17.4. The molecule has 4 nitrogen and oxygen atoms in total. The maximum Gasteiger partial charge on any atom is 0.225 e. The highest BCUT2D eigenvalue weighted by molar-refractivity contribution is 9.10. The Morgan fingerprint density at radius 2 is 2.00 bits per heavy atom. The van der Waals surface area contributed by atoms with E-state index >= 15 is 0 Å². The van der Waals surface area contributed by atoms with Crippen LogP contribution in [0.1, 0.15) is 17.5 Å². The van der Waals surface area contributed by atoms with Crippen molar-refractivity contribution in [1.29, 1.82) is 0 Å². The topological polar surface area (TPSA) is 50.4 Å². The van der Waals surface area contributed by atoms with Crippen LogP contribution in [-0.4, -0.2) is 26.1 Å². The molecule has 0 radical (unpaired) electrons. The van der Waals surface area contributed by atoms with Crippen molar-refractivity contribution in [3.8, 4) is 5.75 Å². The second-order valence-corrected chi connectivity index (χ2v) is 6.49. The van der Waals surface area contributed by atoms with Crippen LogP contribution in [0.3, 0.4) is 0 Å². The van der Waals surface area contributed by atoms with E-state index in [0.29, 0.717) is 13.0 Å². The van der Waals surface area contributed by atoms with Gasteiger partial charge < -0.3 is 15.4 Å². The van der Waals surface area contributed by atoms with E-state index in [1.807, 2.05) is 43.3 Å². The lowest BCUT2D eigenvalue weighted by Crippen LogP contribution is -2.23. The number of benzene rings is 2. The Morgan fingerprint density at radius 1 is 1.17 bits per heavy atom. The van der Waals surface area contributed by atoms with E-state index in [4.69, 9.17) is 4.74 Å². The van der Waals surface area contributed by atoms with Gasteiger partial charge in [-0.25, -0.2) is 0 Å².